The van der Waals surface area contributed by atoms with E-state index in [-0.39, 0.29) is 18.6 Å². The second-order valence-corrected chi connectivity index (χ2v) is 5.51. The van der Waals surface area contributed by atoms with E-state index in [1.165, 1.54) is 5.56 Å². The Hall–Kier alpha value is -2.49. The number of benzene rings is 2. The highest BCUT2D eigenvalue weighted by Crippen LogP contribution is 2.44. The van der Waals surface area contributed by atoms with Crippen LogP contribution in [0.1, 0.15) is 29.0 Å². The smallest absolute Gasteiger partial charge is 0.231 e. The van der Waals surface area contributed by atoms with Crippen molar-refractivity contribution in [2.45, 2.75) is 19.3 Å². The summed E-state index contributed by atoms with van der Waals surface area (Å²) in [5, 5.41) is 2.93. The van der Waals surface area contributed by atoms with Gasteiger partial charge >= 0.3 is 0 Å². The molecule has 0 spiro atoms. The fourth-order valence-corrected chi connectivity index (χ4v) is 3.04. The molecule has 1 atom stereocenters. The van der Waals surface area contributed by atoms with Crippen LogP contribution < -0.4 is 14.8 Å². The number of carbonyl (C=O) groups is 1. The van der Waals surface area contributed by atoms with Gasteiger partial charge in [-0.25, -0.2) is 0 Å². The van der Waals surface area contributed by atoms with Crippen molar-refractivity contribution < 1.29 is 14.3 Å². The Morgan fingerprint density at radius 2 is 1.95 bits per heavy atom. The summed E-state index contributed by atoms with van der Waals surface area (Å²) in [7, 11) is 0. The fraction of sp³-hybridized carbons (Fsp3) is 0.235. The van der Waals surface area contributed by atoms with Crippen LogP contribution in [0.2, 0.25) is 0 Å². The lowest BCUT2D eigenvalue weighted by atomic mass is 9.84. The van der Waals surface area contributed by atoms with Crippen LogP contribution in [-0.2, 0) is 4.79 Å². The first-order valence-corrected chi connectivity index (χ1v) is 7.00. The maximum Gasteiger partial charge on any atom is 0.231 e. The van der Waals surface area contributed by atoms with Gasteiger partial charge in [0.2, 0.25) is 12.7 Å². The average Bonchev–Trinajstić information content (AvgIpc) is 2.91. The second-order valence-electron chi connectivity index (χ2n) is 5.51. The highest BCUT2D eigenvalue weighted by molar-refractivity contribution is 5.96. The number of nitrogens with one attached hydrogen (secondary N) is 1. The zero-order valence-corrected chi connectivity index (χ0v) is 11.7. The van der Waals surface area contributed by atoms with Crippen LogP contribution in [0.15, 0.2) is 36.4 Å². The van der Waals surface area contributed by atoms with Crippen molar-refractivity contribution in [3.8, 4) is 11.5 Å². The van der Waals surface area contributed by atoms with E-state index in [0.717, 1.165) is 22.6 Å². The molecule has 2 aliphatic rings. The molecule has 4 nitrogen and oxygen atoms in total. The number of ether oxygens (including phenoxy) is 2. The number of carbonyl (C=O) groups excluding carboxylic acids is 1. The zero-order valence-electron chi connectivity index (χ0n) is 11.7. The first kappa shape index (κ1) is 12.3. The molecule has 4 heteroatoms. The van der Waals surface area contributed by atoms with Crippen molar-refractivity contribution in [1.82, 2.24) is 0 Å². The monoisotopic (exact) mass is 281 g/mol. The Labute approximate surface area is 122 Å². The molecule has 0 fully saturated rings. The molecule has 2 aromatic carbocycles. The van der Waals surface area contributed by atoms with Crippen molar-refractivity contribution in [3.05, 3.63) is 53.1 Å². The summed E-state index contributed by atoms with van der Waals surface area (Å²) in [6.45, 7) is 2.30. The maximum absolute atomic E-state index is 12.0. The third kappa shape index (κ3) is 2.03. The van der Waals surface area contributed by atoms with Gasteiger partial charge in [0.15, 0.2) is 11.5 Å². The predicted octanol–water partition coefficient (Wildman–Crippen LogP) is 3.20. The number of aryl methyl sites for hydroxylation is 1. The fourth-order valence-electron chi connectivity index (χ4n) is 3.04. The minimum atomic E-state index is 0.0351. The van der Waals surface area contributed by atoms with E-state index in [1.807, 2.05) is 18.2 Å². The molecule has 4 rings (SSSR count). The number of hydrogen-bond acceptors (Lipinski definition) is 3. The van der Waals surface area contributed by atoms with Gasteiger partial charge in [-0.3, -0.25) is 4.79 Å². The van der Waals surface area contributed by atoms with Gasteiger partial charge in [0.1, 0.15) is 0 Å². The molecule has 1 N–H and O–H groups in total. The van der Waals surface area contributed by atoms with Gasteiger partial charge in [-0.05, 0) is 24.1 Å². The topological polar surface area (TPSA) is 47.6 Å². The number of anilines is 1. The Balaban J connectivity index is 1.85. The SMILES string of the molecule is Cc1cccc([C@@H]2CC(=O)Nc3cc4c(cc32)OCO4)c1. The van der Waals surface area contributed by atoms with Crippen LogP contribution in [0, 0.1) is 6.92 Å². The van der Waals surface area contributed by atoms with Gasteiger partial charge in [0, 0.05) is 24.1 Å². The molecule has 0 radical (unpaired) electrons. The summed E-state index contributed by atoms with van der Waals surface area (Å²) in [6.07, 6.45) is 0.454. The summed E-state index contributed by atoms with van der Waals surface area (Å²) in [5.74, 6) is 1.54. The van der Waals surface area contributed by atoms with Crippen molar-refractivity contribution in [2.24, 2.45) is 0 Å². The van der Waals surface area contributed by atoms with Gasteiger partial charge in [-0.1, -0.05) is 29.8 Å². The molecule has 0 bridgehead atoms. The Morgan fingerprint density at radius 1 is 1.14 bits per heavy atom. The second kappa shape index (κ2) is 4.52. The molecule has 0 saturated heterocycles. The standard InChI is InChI=1S/C17H15NO3/c1-10-3-2-4-11(5-10)12-7-17(19)18-14-8-16-15(6-13(12)14)20-9-21-16/h2-6,8,12H,7,9H2,1H3,(H,18,19)/t12-/m0/s1. The number of amides is 1. The lowest BCUT2D eigenvalue weighted by molar-refractivity contribution is -0.116. The van der Waals surface area contributed by atoms with Crippen LogP contribution in [0.4, 0.5) is 5.69 Å². The van der Waals surface area contributed by atoms with Gasteiger partial charge < -0.3 is 14.8 Å². The number of rotatable bonds is 1. The van der Waals surface area contributed by atoms with E-state index in [2.05, 4.69) is 30.4 Å². The first-order valence-electron chi connectivity index (χ1n) is 7.00. The van der Waals surface area contributed by atoms with Gasteiger partial charge in [0.25, 0.3) is 0 Å². The molecule has 2 aromatic rings. The van der Waals surface area contributed by atoms with Gasteiger partial charge in [0.05, 0.1) is 0 Å². The Morgan fingerprint density at radius 3 is 2.76 bits per heavy atom. The third-order valence-electron chi connectivity index (χ3n) is 4.03. The lowest BCUT2D eigenvalue weighted by Gasteiger charge is -2.26. The van der Waals surface area contributed by atoms with Crippen molar-refractivity contribution in [3.63, 3.8) is 0 Å². The van der Waals surface area contributed by atoms with Crippen molar-refractivity contribution in [1.29, 1.82) is 0 Å². The van der Waals surface area contributed by atoms with E-state index in [0.29, 0.717) is 12.2 Å². The van der Waals surface area contributed by atoms with E-state index in [9.17, 15) is 4.79 Å². The Bertz CT molecular complexity index is 739. The van der Waals surface area contributed by atoms with Crippen molar-refractivity contribution in [2.75, 3.05) is 12.1 Å². The highest BCUT2D eigenvalue weighted by Gasteiger charge is 2.29. The molecule has 0 aromatic heterocycles. The quantitative estimate of drug-likeness (QED) is 0.873. The maximum atomic E-state index is 12.0. The first-order chi connectivity index (χ1) is 10.2. The minimum absolute atomic E-state index is 0.0351. The van der Waals surface area contributed by atoms with Gasteiger partial charge in [-0.15, -0.1) is 0 Å². The Kier molecular flexibility index (Phi) is 2.64. The average molecular weight is 281 g/mol. The normalized spacial score (nSPS) is 19.1. The molecule has 21 heavy (non-hydrogen) atoms. The van der Waals surface area contributed by atoms with E-state index < -0.39 is 0 Å². The largest absolute Gasteiger partial charge is 0.454 e. The molecular weight excluding hydrogens is 266 g/mol. The molecule has 1 amide bonds. The summed E-state index contributed by atoms with van der Waals surface area (Å²) >= 11 is 0. The molecule has 0 saturated carbocycles. The molecular formula is C17H15NO3. The lowest BCUT2D eigenvalue weighted by Crippen LogP contribution is -2.23. The van der Waals surface area contributed by atoms with Crippen LogP contribution in [0.25, 0.3) is 0 Å². The summed E-state index contributed by atoms with van der Waals surface area (Å²) in [4.78, 5) is 12.0. The molecule has 2 aliphatic heterocycles. The molecule has 106 valence electrons. The van der Waals surface area contributed by atoms with Crippen LogP contribution in [0.5, 0.6) is 11.5 Å². The van der Waals surface area contributed by atoms with Crippen LogP contribution >= 0.6 is 0 Å². The summed E-state index contributed by atoms with van der Waals surface area (Å²) in [6, 6.07) is 12.2. The van der Waals surface area contributed by atoms with E-state index in [4.69, 9.17) is 9.47 Å². The minimum Gasteiger partial charge on any atom is -0.454 e. The molecule has 0 aliphatic carbocycles. The molecule has 2 heterocycles. The highest BCUT2D eigenvalue weighted by atomic mass is 16.7. The molecule has 0 unspecified atom stereocenters. The zero-order chi connectivity index (χ0) is 14.4. The third-order valence-corrected chi connectivity index (χ3v) is 4.03. The van der Waals surface area contributed by atoms with E-state index >= 15 is 0 Å². The van der Waals surface area contributed by atoms with Gasteiger partial charge in [-0.2, -0.15) is 0 Å². The van der Waals surface area contributed by atoms with Crippen LogP contribution in [-0.4, -0.2) is 12.7 Å². The van der Waals surface area contributed by atoms with Crippen molar-refractivity contribution >= 4 is 11.6 Å². The summed E-state index contributed by atoms with van der Waals surface area (Å²) < 4.78 is 10.9. The predicted molar refractivity (Wildman–Crippen MR) is 78.8 cm³/mol. The van der Waals surface area contributed by atoms with E-state index in [1.54, 1.807) is 0 Å². The number of hydrogen-bond donors (Lipinski definition) is 1. The summed E-state index contributed by atoms with van der Waals surface area (Å²) in [5.41, 5.74) is 4.26. The van der Waals surface area contributed by atoms with Crippen LogP contribution in [0.3, 0.4) is 0 Å². The number of fused-ring (bicyclic) bond motifs is 2.